The van der Waals surface area contributed by atoms with Gasteiger partial charge >= 0.3 is 23.9 Å². The maximum Gasteiger partial charge on any atom is 0.326 e. The van der Waals surface area contributed by atoms with Gasteiger partial charge in [0.05, 0.1) is 6.04 Å². The zero-order valence-electron chi connectivity index (χ0n) is 21.2. The van der Waals surface area contributed by atoms with Crippen LogP contribution in [0.25, 0.3) is 0 Å². The second-order valence-electron chi connectivity index (χ2n) is 8.80. The lowest BCUT2D eigenvalue weighted by molar-refractivity contribution is -0.144. The summed E-state index contributed by atoms with van der Waals surface area (Å²) in [7, 11) is 0. The van der Waals surface area contributed by atoms with Crippen molar-refractivity contribution in [2.45, 2.75) is 69.1 Å². The summed E-state index contributed by atoms with van der Waals surface area (Å²) in [5.74, 6) is -8.42. The lowest BCUT2D eigenvalue weighted by Gasteiger charge is -2.25. The van der Waals surface area contributed by atoms with E-state index in [0.717, 1.165) is 0 Å². The number of carbonyl (C=O) groups is 7. The highest BCUT2D eigenvalue weighted by atomic mass is 16.4. The Balaban J connectivity index is 3.16. The van der Waals surface area contributed by atoms with Crippen LogP contribution in [-0.2, 0) is 40.0 Å². The van der Waals surface area contributed by atoms with E-state index in [9.17, 15) is 43.8 Å². The van der Waals surface area contributed by atoms with Gasteiger partial charge in [-0.25, -0.2) is 4.79 Å². The third-order valence-electron chi connectivity index (χ3n) is 5.56. The lowest BCUT2D eigenvalue weighted by Crippen LogP contribution is -2.57. The number of carboxylic acid groups (broad SMARTS) is 4. The summed E-state index contributed by atoms with van der Waals surface area (Å²) in [6.45, 7) is 0. The number of aliphatic carboxylic acids is 4. The number of aromatic hydroxyl groups is 1. The Hall–Kier alpha value is -4.73. The Morgan fingerprint density at radius 1 is 0.625 bits per heavy atom. The molecule has 3 amide bonds. The largest absolute Gasteiger partial charge is 0.508 e. The quantitative estimate of drug-likeness (QED) is 0.0965. The summed E-state index contributed by atoms with van der Waals surface area (Å²) in [4.78, 5) is 82.8. The SMILES string of the molecule is NC(CCC(=O)O)C(=O)NC(Cc1ccc(O)cc1)C(=O)NC(CCC(=O)O)C(=O)NC(CCC(=O)O)C(=O)O. The van der Waals surface area contributed by atoms with Crippen LogP contribution in [0.5, 0.6) is 5.75 Å². The first-order valence-corrected chi connectivity index (χ1v) is 12.0. The first-order chi connectivity index (χ1) is 18.7. The molecule has 0 saturated carbocycles. The van der Waals surface area contributed by atoms with Gasteiger partial charge in [0, 0.05) is 25.7 Å². The van der Waals surface area contributed by atoms with Crippen molar-refractivity contribution in [1.82, 2.24) is 16.0 Å². The summed E-state index contributed by atoms with van der Waals surface area (Å²) in [5, 5.41) is 52.2. The number of hydrogen-bond acceptors (Lipinski definition) is 9. The molecule has 40 heavy (non-hydrogen) atoms. The van der Waals surface area contributed by atoms with Gasteiger partial charge < -0.3 is 47.2 Å². The molecule has 1 rings (SSSR count). The second kappa shape index (κ2) is 16.3. The average molecular weight is 569 g/mol. The molecule has 0 aliphatic rings. The Morgan fingerprint density at radius 2 is 1.05 bits per heavy atom. The maximum absolute atomic E-state index is 13.2. The molecule has 4 unspecified atom stereocenters. The van der Waals surface area contributed by atoms with Crippen molar-refractivity contribution in [2.75, 3.05) is 0 Å². The molecule has 0 spiro atoms. The Kier molecular flexibility index (Phi) is 13.6. The molecule has 1 aromatic rings. The van der Waals surface area contributed by atoms with Gasteiger partial charge in [-0.15, -0.1) is 0 Å². The number of rotatable bonds is 18. The van der Waals surface area contributed by atoms with Gasteiger partial charge in [-0.1, -0.05) is 12.1 Å². The number of nitrogens with one attached hydrogen (secondary N) is 3. The third-order valence-corrected chi connectivity index (χ3v) is 5.56. The third kappa shape index (κ3) is 12.7. The molecular weight excluding hydrogens is 536 g/mol. The van der Waals surface area contributed by atoms with Crippen LogP contribution < -0.4 is 21.7 Å². The van der Waals surface area contributed by atoms with Gasteiger partial charge in [0.1, 0.15) is 23.9 Å². The smallest absolute Gasteiger partial charge is 0.326 e. The van der Waals surface area contributed by atoms with E-state index in [1.54, 1.807) is 0 Å². The van der Waals surface area contributed by atoms with Crippen molar-refractivity contribution in [2.24, 2.45) is 5.73 Å². The summed E-state index contributed by atoms with van der Waals surface area (Å²) in [6.07, 6.45) is -3.02. The van der Waals surface area contributed by atoms with Crippen LogP contribution in [0, 0.1) is 0 Å². The molecule has 0 aromatic heterocycles. The van der Waals surface area contributed by atoms with E-state index in [4.69, 9.17) is 21.1 Å². The Labute approximate surface area is 227 Å². The molecule has 4 atom stereocenters. The van der Waals surface area contributed by atoms with E-state index < -0.39 is 97.9 Å². The molecule has 0 bridgehead atoms. The van der Waals surface area contributed by atoms with Gasteiger partial charge in [-0.2, -0.15) is 0 Å². The van der Waals surface area contributed by atoms with Gasteiger partial charge in [0.25, 0.3) is 0 Å². The van der Waals surface area contributed by atoms with Gasteiger partial charge in [0.15, 0.2) is 0 Å². The summed E-state index contributed by atoms with van der Waals surface area (Å²) in [5.41, 5.74) is 6.17. The van der Waals surface area contributed by atoms with E-state index in [0.29, 0.717) is 5.56 Å². The fourth-order valence-electron chi connectivity index (χ4n) is 3.37. The molecule has 0 heterocycles. The highest BCUT2D eigenvalue weighted by Crippen LogP contribution is 2.12. The minimum absolute atomic E-state index is 0.0780. The lowest BCUT2D eigenvalue weighted by atomic mass is 10.0. The molecule has 0 aliphatic heterocycles. The van der Waals surface area contributed by atoms with Crippen LogP contribution in [0.1, 0.15) is 44.1 Å². The van der Waals surface area contributed by atoms with E-state index in [1.165, 1.54) is 24.3 Å². The minimum atomic E-state index is -1.65. The number of phenols is 1. The van der Waals surface area contributed by atoms with E-state index >= 15 is 0 Å². The zero-order valence-corrected chi connectivity index (χ0v) is 21.2. The second-order valence-corrected chi connectivity index (χ2v) is 8.80. The summed E-state index contributed by atoms with van der Waals surface area (Å²) in [6, 6.07) is -0.420. The maximum atomic E-state index is 13.2. The van der Waals surface area contributed by atoms with Crippen molar-refractivity contribution >= 4 is 41.6 Å². The van der Waals surface area contributed by atoms with Crippen LogP contribution >= 0.6 is 0 Å². The van der Waals surface area contributed by atoms with E-state index in [2.05, 4.69) is 16.0 Å². The molecule has 16 heteroatoms. The fraction of sp³-hybridized carbons (Fsp3) is 0.458. The van der Waals surface area contributed by atoms with Crippen LogP contribution in [0.15, 0.2) is 24.3 Å². The predicted octanol–water partition coefficient (Wildman–Crippen LogP) is -1.60. The highest BCUT2D eigenvalue weighted by molar-refractivity contribution is 5.94. The number of benzene rings is 1. The van der Waals surface area contributed by atoms with Crippen molar-refractivity contribution in [3.8, 4) is 5.75 Å². The molecule has 0 fully saturated rings. The first kappa shape index (κ1) is 33.3. The van der Waals surface area contributed by atoms with Crippen molar-refractivity contribution in [3.05, 3.63) is 29.8 Å². The van der Waals surface area contributed by atoms with Crippen molar-refractivity contribution in [1.29, 1.82) is 0 Å². The Bertz CT molecular complexity index is 1090. The standard InChI is InChI=1S/C24H32N4O12/c25-14(5-8-18(30)31)21(36)28-17(11-12-1-3-13(29)4-2-12)23(38)26-15(6-9-19(32)33)22(37)27-16(24(39)40)7-10-20(34)35/h1-4,14-17,29H,5-11,25H2,(H,26,38)(H,27,37)(H,28,36)(H,30,31)(H,32,33)(H,34,35)(H,39,40). The molecule has 0 radical (unpaired) electrons. The zero-order chi connectivity index (χ0) is 30.4. The summed E-state index contributed by atoms with van der Waals surface area (Å²) < 4.78 is 0. The highest BCUT2D eigenvalue weighted by Gasteiger charge is 2.31. The predicted molar refractivity (Wildman–Crippen MR) is 134 cm³/mol. The Morgan fingerprint density at radius 3 is 1.55 bits per heavy atom. The van der Waals surface area contributed by atoms with Crippen molar-refractivity contribution in [3.63, 3.8) is 0 Å². The van der Waals surface area contributed by atoms with E-state index in [1.807, 2.05) is 0 Å². The van der Waals surface area contributed by atoms with Crippen LogP contribution in [0.4, 0.5) is 0 Å². The molecule has 0 saturated heterocycles. The molecule has 220 valence electrons. The molecule has 0 aliphatic carbocycles. The molecule has 10 N–H and O–H groups in total. The van der Waals surface area contributed by atoms with Gasteiger partial charge in [0.2, 0.25) is 17.7 Å². The topological polar surface area (TPSA) is 283 Å². The molecular formula is C24H32N4O12. The summed E-state index contributed by atoms with van der Waals surface area (Å²) >= 11 is 0. The number of hydrogen-bond donors (Lipinski definition) is 9. The van der Waals surface area contributed by atoms with Crippen LogP contribution in [0.2, 0.25) is 0 Å². The van der Waals surface area contributed by atoms with Crippen LogP contribution in [0.3, 0.4) is 0 Å². The molecule has 1 aromatic carbocycles. The molecule has 16 nitrogen and oxygen atoms in total. The number of phenolic OH excluding ortho intramolecular Hbond substituents is 1. The number of carbonyl (C=O) groups excluding carboxylic acids is 3. The monoisotopic (exact) mass is 568 g/mol. The van der Waals surface area contributed by atoms with Crippen molar-refractivity contribution < 1.29 is 59.1 Å². The fourth-order valence-corrected chi connectivity index (χ4v) is 3.37. The van der Waals surface area contributed by atoms with E-state index in [-0.39, 0.29) is 18.6 Å². The number of amides is 3. The average Bonchev–Trinajstić information content (AvgIpc) is 2.87. The van der Waals surface area contributed by atoms with Crippen LogP contribution in [-0.4, -0.2) is 91.3 Å². The first-order valence-electron chi connectivity index (χ1n) is 12.0. The normalized spacial score (nSPS) is 13.6. The number of nitrogens with two attached hydrogens (primary N) is 1. The van der Waals surface area contributed by atoms with Gasteiger partial charge in [-0.05, 0) is 37.0 Å². The van der Waals surface area contributed by atoms with Gasteiger partial charge in [-0.3, -0.25) is 28.8 Å². The minimum Gasteiger partial charge on any atom is -0.508 e. The number of carboxylic acids is 4.